The van der Waals surface area contributed by atoms with Crippen LogP contribution in [0.15, 0.2) is 18.3 Å². The molecule has 1 aromatic heterocycles. The summed E-state index contributed by atoms with van der Waals surface area (Å²) in [6, 6.07) is 3.97. The van der Waals surface area contributed by atoms with Gasteiger partial charge in [-0.05, 0) is 32.0 Å². The summed E-state index contributed by atoms with van der Waals surface area (Å²) in [7, 11) is 2.18. The number of rotatable bonds is 5. The van der Waals surface area contributed by atoms with Crippen molar-refractivity contribution in [1.29, 1.82) is 0 Å². The maximum Gasteiger partial charge on any atom is 0.213 e. The molecule has 0 unspecified atom stereocenters. The maximum atomic E-state index is 5.65. The van der Waals surface area contributed by atoms with Gasteiger partial charge in [0.25, 0.3) is 0 Å². The number of aryl methyl sites for hydroxylation is 1. The molecule has 100 valence electrons. The molecule has 0 aromatic carbocycles. The molecule has 1 aliphatic heterocycles. The number of piperazine rings is 1. The van der Waals surface area contributed by atoms with Crippen molar-refractivity contribution in [3.05, 3.63) is 23.9 Å². The summed E-state index contributed by atoms with van der Waals surface area (Å²) < 4.78 is 5.65. The van der Waals surface area contributed by atoms with E-state index in [1.54, 1.807) is 6.20 Å². The fourth-order valence-electron chi connectivity index (χ4n) is 2.12. The Bertz CT molecular complexity index is 362. The van der Waals surface area contributed by atoms with Gasteiger partial charge in [-0.15, -0.1) is 0 Å². The Morgan fingerprint density at radius 2 is 2.06 bits per heavy atom. The highest BCUT2D eigenvalue weighted by Gasteiger charge is 2.12. The zero-order chi connectivity index (χ0) is 12.8. The molecule has 0 atom stereocenters. The summed E-state index contributed by atoms with van der Waals surface area (Å²) in [6.07, 6.45) is 2.87. The first-order valence-electron chi connectivity index (χ1n) is 6.70. The van der Waals surface area contributed by atoms with Gasteiger partial charge >= 0.3 is 0 Å². The first-order valence-corrected chi connectivity index (χ1v) is 6.70. The highest BCUT2D eigenvalue weighted by atomic mass is 16.5. The molecule has 0 saturated carbocycles. The monoisotopic (exact) mass is 249 g/mol. The molecular formula is C14H23N3O. The Morgan fingerprint density at radius 3 is 2.78 bits per heavy atom. The molecule has 1 fully saturated rings. The molecule has 0 bridgehead atoms. The molecule has 4 nitrogen and oxygen atoms in total. The lowest BCUT2D eigenvalue weighted by atomic mass is 10.3. The van der Waals surface area contributed by atoms with E-state index in [0.29, 0.717) is 0 Å². The summed E-state index contributed by atoms with van der Waals surface area (Å²) in [5.41, 5.74) is 1.19. The first-order chi connectivity index (χ1) is 8.74. The minimum absolute atomic E-state index is 0.744. The second kappa shape index (κ2) is 6.71. The molecule has 2 heterocycles. The maximum absolute atomic E-state index is 5.65. The van der Waals surface area contributed by atoms with E-state index < -0.39 is 0 Å². The lowest BCUT2D eigenvalue weighted by molar-refractivity contribution is 0.145. The second-order valence-electron chi connectivity index (χ2n) is 5.02. The van der Waals surface area contributed by atoms with Crippen LogP contribution in [0.2, 0.25) is 0 Å². The molecule has 4 heteroatoms. The van der Waals surface area contributed by atoms with Crippen LogP contribution in [0.3, 0.4) is 0 Å². The fraction of sp³-hybridized carbons (Fsp3) is 0.643. The summed E-state index contributed by atoms with van der Waals surface area (Å²) in [5, 5.41) is 0. The highest BCUT2D eigenvalue weighted by Crippen LogP contribution is 2.08. The summed E-state index contributed by atoms with van der Waals surface area (Å²) in [6.45, 7) is 8.65. The number of aromatic nitrogens is 1. The number of hydrogen-bond acceptors (Lipinski definition) is 4. The molecule has 1 aromatic rings. The predicted octanol–water partition coefficient (Wildman–Crippen LogP) is 1.41. The number of ether oxygens (including phenoxy) is 1. The minimum Gasteiger partial charge on any atom is -0.478 e. The van der Waals surface area contributed by atoms with E-state index in [1.165, 1.54) is 31.7 Å². The molecule has 0 spiro atoms. The van der Waals surface area contributed by atoms with Crippen molar-refractivity contribution in [1.82, 2.24) is 14.8 Å². The van der Waals surface area contributed by atoms with Gasteiger partial charge in [0.1, 0.15) is 0 Å². The third-order valence-electron chi connectivity index (χ3n) is 3.35. The van der Waals surface area contributed by atoms with Crippen LogP contribution in [-0.2, 0) is 0 Å². The van der Waals surface area contributed by atoms with Crippen molar-refractivity contribution >= 4 is 0 Å². The van der Waals surface area contributed by atoms with E-state index in [2.05, 4.69) is 28.8 Å². The molecule has 2 rings (SSSR count). The lowest BCUT2D eigenvalue weighted by Crippen LogP contribution is -2.44. The van der Waals surface area contributed by atoms with Gasteiger partial charge in [0.2, 0.25) is 5.88 Å². The highest BCUT2D eigenvalue weighted by molar-refractivity contribution is 5.18. The minimum atomic E-state index is 0.744. The van der Waals surface area contributed by atoms with Crippen molar-refractivity contribution in [2.24, 2.45) is 0 Å². The third-order valence-corrected chi connectivity index (χ3v) is 3.35. The molecule has 1 saturated heterocycles. The van der Waals surface area contributed by atoms with E-state index in [-0.39, 0.29) is 0 Å². The standard InChI is InChI=1S/C14H23N3O/c1-13-4-5-15-14(12-13)18-11-3-6-17-9-7-16(2)8-10-17/h4-5,12H,3,6-11H2,1-2H3. The van der Waals surface area contributed by atoms with E-state index in [9.17, 15) is 0 Å². The van der Waals surface area contributed by atoms with Crippen molar-refractivity contribution in [3.63, 3.8) is 0 Å². The van der Waals surface area contributed by atoms with Crippen LogP contribution in [-0.4, -0.2) is 61.2 Å². The van der Waals surface area contributed by atoms with E-state index in [1.807, 2.05) is 12.1 Å². The number of nitrogens with zero attached hydrogens (tertiary/aromatic N) is 3. The van der Waals surface area contributed by atoms with Gasteiger partial charge in [-0.25, -0.2) is 4.98 Å². The van der Waals surface area contributed by atoms with Crippen molar-refractivity contribution in [2.75, 3.05) is 46.4 Å². The SMILES string of the molecule is Cc1ccnc(OCCCN2CCN(C)CC2)c1. The van der Waals surface area contributed by atoms with Crippen LogP contribution in [0, 0.1) is 6.92 Å². The molecule has 0 radical (unpaired) electrons. The Hall–Kier alpha value is -1.13. The quantitative estimate of drug-likeness (QED) is 0.738. The number of likely N-dealkylation sites (N-methyl/N-ethyl adjacent to an activating group) is 1. The first kappa shape index (κ1) is 13.3. The fourth-order valence-corrected chi connectivity index (χ4v) is 2.12. The zero-order valence-corrected chi connectivity index (χ0v) is 11.4. The van der Waals surface area contributed by atoms with E-state index >= 15 is 0 Å². The largest absolute Gasteiger partial charge is 0.478 e. The predicted molar refractivity (Wildman–Crippen MR) is 73.0 cm³/mol. The topological polar surface area (TPSA) is 28.6 Å². The molecule has 0 N–H and O–H groups in total. The van der Waals surface area contributed by atoms with Gasteiger partial charge in [-0.1, -0.05) is 0 Å². The summed E-state index contributed by atoms with van der Waals surface area (Å²) in [4.78, 5) is 9.08. The molecule has 1 aliphatic rings. The van der Waals surface area contributed by atoms with Gasteiger partial charge in [0.05, 0.1) is 6.61 Å². The van der Waals surface area contributed by atoms with Crippen LogP contribution in [0.4, 0.5) is 0 Å². The van der Waals surface area contributed by atoms with Gasteiger partial charge in [0.15, 0.2) is 0 Å². The van der Waals surface area contributed by atoms with E-state index in [0.717, 1.165) is 25.5 Å². The summed E-state index contributed by atoms with van der Waals surface area (Å²) >= 11 is 0. The number of hydrogen-bond donors (Lipinski definition) is 0. The summed E-state index contributed by atoms with van der Waals surface area (Å²) in [5.74, 6) is 0.744. The van der Waals surface area contributed by atoms with Crippen LogP contribution < -0.4 is 4.74 Å². The molecule has 0 aliphatic carbocycles. The average molecular weight is 249 g/mol. The number of pyridine rings is 1. The van der Waals surface area contributed by atoms with Crippen LogP contribution in [0.1, 0.15) is 12.0 Å². The van der Waals surface area contributed by atoms with Crippen LogP contribution in [0.5, 0.6) is 5.88 Å². The van der Waals surface area contributed by atoms with Crippen molar-refractivity contribution in [2.45, 2.75) is 13.3 Å². The Kier molecular flexibility index (Phi) is 4.96. The lowest BCUT2D eigenvalue weighted by Gasteiger charge is -2.32. The Morgan fingerprint density at radius 1 is 1.28 bits per heavy atom. The molecular weight excluding hydrogens is 226 g/mol. The third kappa shape index (κ3) is 4.27. The zero-order valence-electron chi connectivity index (χ0n) is 11.4. The van der Waals surface area contributed by atoms with Crippen LogP contribution >= 0.6 is 0 Å². The average Bonchev–Trinajstić information content (AvgIpc) is 2.37. The molecule has 18 heavy (non-hydrogen) atoms. The molecule has 0 amide bonds. The van der Waals surface area contributed by atoms with Crippen molar-refractivity contribution < 1.29 is 4.74 Å². The Labute approximate surface area is 110 Å². The van der Waals surface area contributed by atoms with Gasteiger partial charge in [-0.2, -0.15) is 0 Å². The van der Waals surface area contributed by atoms with Crippen molar-refractivity contribution in [3.8, 4) is 5.88 Å². The normalized spacial score (nSPS) is 17.9. The van der Waals surface area contributed by atoms with Gasteiger partial charge in [-0.3, -0.25) is 0 Å². The van der Waals surface area contributed by atoms with Gasteiger partial charge in [0, 0.05) is 45.0 Å². The van der Waals surface area contributed by atoms with Gasteiger partial charge < -0.3 is 14.5 Å². The Balaban J connectivity index is 1.61. The smallest absolute Gasteiger partial charge is 0.213 e. The van der Waals surface area contributed by atoms with E-state index in [4.69, 9.17) is 4.74 Å². The van der Waals surface area contributed by atoms with Crippen LogP contribution in [0.25, 0.3) is 0 Å². The second-order valence-corrected chi connectivity index (χ2v) is 5.02.